The van der Waals surface area contributed by atoms with Gasteiger partial charge in [0.25, 0.3) is 5.56 Å². The summed E-state index contributed by atoms with van der Waals surface area (Å²) in [6.45, 7) is 2.42. The number of fused-ring (bicyclic) bond motifs is 4. The molecule has 2 saturated heterocycles. The summed E-state index contributed by atoms with van der Waals surface area (Å²) in [5.41, 5.74) is 2.63. The minimum Gasteiger partial charge on any atom is -0.392 e. The molecular formula is C21H24N4O3. The number of carbonyl (C=O) groups is 1. The van der Waals surface area contributed by atoms with Gasteiger partial charge in [-0.15, -0.1) is 0 Å². The molecular weight excluding hydrogens is 356 g/mol. The largest absolute Gasteiger partial charge is 0.392 e. The van der Waals surface area contributed by atoms with Gasteiger partial charge in [0.2, 0.25) is 5.91 Å². The Bertz CT molecular complexity index is 958. The molecule has 146 valence electrons. The Morgan fingerprint density at radius 2 is 2.07 bits per heavy atom. The zero-order valence-corrected chi connectivity index (χ0v) is 15.6. The van der Waals surface area contributed by atoms with E-state index in [0.29, 0.717) is 38.5 Å². The van der Waals surface area contributed by atoms with Gasteiger partial charge in [-0.3, -0.25) is 14.6 Å². The number of aliphatic hydroxyl groups is 1. The summed E-state index contributed by atoms with van der Waals surface area (Å²) >= 11 is 0. The van der Waals surface area contributed by atoms with Crippen molar-refractivity contribution in [2.45, 2.75) is 37.5 Å². The van der Waals surface area contributed by atoms with E-state index in [0.717, 1.165) is 23.4 Å². The zero-order chi connectivity index (χ0) is 19.3. The fourth-order valence-corrected chi connectivity index (χ4v) is 4.95. The van der Waals surface area contributed by atoms with Gasteiger partial charge in [0.05, 0.1) is 17.8 Å². The number of likely N-dealkylation sites (tertiary alicyclic amines) is 1. The number of amides is 1. The van der Waals surface area contributed by atoms with Crippen molar-refractivity contribution in [1.82, 2.24) is 19.8 Å². The van der Waals surface area contributed by atoms with E-state index < -0.39 is 6.10 Å². The van der Waals surface area contributed by atoms with Crippen molar-refractivity contribution < 1.29 is 9.90 Å². The Kier molecular flexibility index (Phi) is 4.29. The first-order valence-electron chi connectivity index (χ1n) is 9.95. The third kappa shape index (κ3) is 3.04. The van der Waals surface area contributed by atoms with Crippen LogP contribution in [0.3, 0.4) is 0 Å². The average molecular weight is 380 g/mol. The van der Waals surface area contributed by atoms with Gasteiger partial charge < -0.3 is 19.9 Å². The van der Waals surface area contributed by atoms with Gasteiger partial charge in [0, 0.05) is 55.6 Å². The summed E-state index contributed by atoms with van der Waals surface area (Å²) in [5, 5.41) is 12.9. The number of aliphatic hydroxyl groups excluding tert-OH is 1. The molecule has 3 aliphatic heterocycles. The summed E-state index contributed by atoms with van der Waals surface area (Å²) in [7, 11) is 0. The van der Waals surface area contributed by atoms with Crippen molar-refractivity contribution in [2.24, 2.45) is 5.92 Å². The molecule has 2 bridgehead atoms. The maximum absolute atomic E-state index is 12.9. The summed E-state index contributed by atoms with van der Waals surface area (Å²) < 4.78 is 1.88. The lowest BCUT2D eigenvalue weighted by Crippen LogP contribution is -2.53. The summed E-state index contributed by atoms with van der Waals surface area (Å²) in [6, 6.07) is 9.12. The van der Waals surface area contributed by atoms with Crippen LogP contribution in [0.15, 0.2) is 41.3 Å². The molecule has 2 aromatic heterocycles. The number of β-amino-alcohol motifs (C(OH)–C–C–N with tert-alkyl or cyclic N) is 1. The Balaban J connectivity index is 1.45. The highest BCUT2D eigenvalue weighted by molar-refractivity contribution is 5.82. The molecule has 2 aromatic rings. The number of carbonyl (C=O) groups excluding carboxylic acids is 1. The third-order valence-electron chi connectivity index (χ3n) is 6.23. The Hall–Kier alpha value is -2.51. The van der Waals surface area contributed by atoms with Crippen molar-refractivity contribution in [3.05, 3.63) is 52.6 Å². The van der Waals surface area contributed by atoms with Gasteiger partial charge in [-0.2, -0.15) is 0 Å². The molecule has 2 N–H and O–H groups in total. The van der Waals surface area contributed by atoms with Gasteiger partial charge in [0.1, 0.15) is 0 Å². The van der Waals surface area contributed by atoms with E-state index in [9.17, 15) is 14.7 Å². The predicted octanol–water partition coefficient (Wildman–Crippen LogP) is 0.579. The lowest BCUT2D eigenvalue weighted by Gasteiger charge is -2.43. The van der Waals surface area contributed by atoms with E-state index in [1.54, 1.807) is 12.3 Å². The molecule has 7 nitrogen and oxygen atoms in total. The van der Waals surface area contributed by atoms with Crippen LogP contribution in [-0.4, -0.2) is 57.2 Å². The average Bonchev–Trinajstić information content (AvgIpc) is 3.15. The fourth-order valence-electron chi connectivity index (χ4n) is 4.95. The first-order valence-corrected chi connectivity index (χ1v) is 9.95. The van der Waals surface area contributed by atoms with Gasteiger partial charge in [-0.05, 0) is 37.0 Å². The molecule has 0 unspecified atom stereocenters. The number of piperidine rings is 1. The highest BCUT2D eigenvalue weighted by Crippen LogP contribution is 2.36. The predicted molar refractivity (Wildman–Crippen MR) is 104 cm³/mol. The number of hydrogen-bond donors (Lipinski definition) is 2. The van der Waals surface area contributed by atoms with Crippen LogP contribution >= 0.6 is 0 Å². The second kappa shape index (κ2) is 6.83. The van der Waals surface area contributed by atoms with E-state index >= 15 is 0 Å². The van der Waals surface area contributed by atoms with Crippen LogP contribution in [0.25, 0.3) is 11.3 Å². The number of aromatic nitrogens is 2. The molecule has 28 heavy (non-hydrogen) atoms. The minimum atomic E-state index is -0.446. The second-order valence-corrected chi connectivity index (χ2v) is 8.22. The van der Waals surface area contributed by atoms with E-state index in [-0.39, 0.29) is 23.4 Å². The van der Waals surface area contributed by atoms with Gasteiger partial charge in [0.15, 0.2) is 0 Å². The summed E-state index contributed by atoms with van der Waals surface area (Å²) in [5.74, 6) is 0.516. The number of nitrogens with zero attached hydrogens (tertiary/aromatic N) is 3. The minimum absolute atomic E-state index is 0.00760. The summed E-state index contributed by atoms with van der Waals surface area (Å²) in [6.07, 6.45) is 2.76. The van der Waals surface area contributed by atoms with E-state index in [1.807, 2.05) is 27.7 Å². The van der Waals surface area contributed by atoms with Gasteiger partial charge in [-0.1, -0.05) is 6.07 Å². The van der Waals surface area contributed by atoms with E-state index in [1.165, 1.54) is 0 Å². The number of pyridine rings is 2. The topological polar surface area (TPSA) is 87.5 Å². The molecule has 0 saturated carbocycles. The molecule has 2 fully saturated rings. The number of hydrogen-bond acceptors (Lipinski definition) is 5. The van der Waals surface area contributed by atoms with Crippen molar-refractivity contribution >= 4 is 5.91 Å². The smallest absolute Gasteiger partial charge is 0.251 e. The third-order valence-corrected chi connectivity index (χ3v) is 6.23. The van der Waals surface area contributed by atoms with Crippen LogP contribution in [0, 0.1) is 5.92 Å². The molecule has 0 spiro atoms. The highest BCUT2D eigenvalue weighted by Gasteiger charge is 2.39. The molecule has 0 aromatic carbocycles. The maximum Gasteiger partial charge on any atom is 0.251 e. The number of nitrogens with one attached hydrogen (secondary N) is 1. The molecule has 7 heteroatoms. The molecule has 5 heterocycles. The Morgan fingerprint density at radius 1 is 1.18 bits per heavy atom. The molecule has 0 radical (unpaired) electrons. The monoisotopic (exact) mass is 380 g/mol. The fraction of sp³-hybridized carbons (Fsp3) is 0.476. The molecule has 1 amide bonds. The van der Waals surface area contributed by atoms with Crippen LogP contribution in [0.2, 0.25) is 0 Å². The summed E-state index contributed by atoms with van der Waals surface area (Å²) in [4.78, 5) is 32.0. The van der Waals surface area contributed by atoms with E-state index in [2.05, 4.69) is 16.4 Å². The van der Waals surface area contributed by atoms with Crippen molar-refractivity contribution in [2.75, 3.05) is 19.6 Å². The van der Waals surface area contributed by atoms with Crippen LogP contribution in [-0.2, 0) is 11.3 Å². The Labute approximate surface area is 163 Å². The quantitative estimate of drug-likeness (QED) is 0.796. The lowest BCUT2D eigenvalue weighted by molar-refractivity contribution is -0.136. The molecule has 4 atom stereocenters. The van der Waals surface area contributed by atoms with E-state index in [4.69, 9.17) is 0 Å². The van der Waals surface area contributed by atoms with Gasteiger partial charge in [-0.25, -0.2) is 0 Å². The van der Waals surface area contributed by atoms with Crippen LogP contribution < -0.4 is 10.9 Å². The Morgan fingerprint density at radius 3 is 2.82 bits per heavy atom. The standard InChI is InChI=1S/C21H24N4O3/c26-16-8-18(23-9-16)21(28)24-10-13-5-15(12-24)19-6-14(7-20(27)25(19)11-13)17-3-1-2-4-22-17/h1-4,6-7,13,15-16,18,23,26H,5,8-12H2/t13-,15+,16+,18-/m0/s1. The molecule has 3 aliphatic rings. The zero-order valence-electron chi connectivity index (χ0n) is 15.6. The SMILES string of the molecule is O=C([C@@H]1C[C@@H](O)CN1)N1C[C@@H]2C[C@H](C1)c1cc(-c3ccccn3)cc(=O)n1C2. The molecule has 0 aliphatic carbocycles. The van der Waals surface area contributed by atoms with Crippen molar-refractivity contribution in [3.63, 3.8) is 0 Å². The second-order valence-electron chi connectivity index (χ2n) is 8.22. The maximum atomic E-state index is 12.9. The first kappa shape index (κ1) is 17.6. The van der Waals surface area contributed by atoms with Crippen LogP contribution in [0.4, 0.5) is 0 Å². The van der Waals surface area contributed by atoms with Crippen LogP contribution in [0.5, 0.6) is 0 Å². The highest BCUT2D eigenvalue weighted by atomic mass is 16.3. The lowest BCUT2D eigenvalue weighted by atomic mass is 9.82. The first-order chi connectivity index (χ1) is 13.6. The number of rotatable bonds is 2. The van der Waals surface area contributed by atoms with Gasteiger partial charge >= 0.3 is 0 Å². The van der Waals surface area contributed by atoms with Crippen molar-refractivity contribution in [1.29, 1.82) is 0 Å². The van der Waals surface area contributed by atoms with Crippen molar-refractivity contribution in [3.8, 4) is 11.3 Å². The molecule has 5 rings (SSSR count). The van der Waals surface area contributed by atoms with Crippen LogP contribution in [0.1, 0.15) is 24.5 Å². The normalized spacial score (nSPS) is 28.8.